The quantitative estimate of drug-likeness (QED) is 0.386. The first-order valence-electron chi connectivity index (χ1n) is 11.6. The second-order valence-electron chi connectivity index (χ2n) is 9.13. The minimum Gasteiger partial charge on any atom is -0.449 e. The molecule has 0 aliphatic heterocycles. The highest BCUT2D eigenvalue weighted by Gasteiger charge is 2.31. The number of ether oxygens (including phenoxy) is 1. The Hall–Kier alpha value is -3.88. The first-order valence-corrected chi connectivity index (χ1v) is 11.6. The summed E-state index contributed by atoms with van der Waals surface area (Å²) in [4.78, 5) is 47.8. The molecule has 1 aliphatic rings. The van der Waals surface area contributed by atoms with Gasteiger partial charge in [0.15, 0.2) is 0 Å². The van der Waals surface area contributed by atoms with Crippen molar-refractivity contribution in [3.05, 3.63) is 59.7 Å². The molecule has 0 fully saturated rings. The number of nitrogens with two attached hydrogens (primary N) is 1. The summed E-state index contributed by atoms with van der Waals surface area (Å²) < 4.78 is 5.50. The predicted molar refractivity (Wildman–Crippen MR) is 131 cm³/mol. The summed E-state index contributed by atoms with van der Waals surface area (Å²) in [5, 5.41) is 7.79. The molecule has 186 valence electrons. The van der Waals surface area contributed by atoms with Crippen molar-refractivity contribution in [1.82, 2.24) is 16.0 Å². The molecule has 0 bridgehead atoms. The van der Waals surface area contributed by atoms with E-state index >= 15 is 0 Å². The SMILES string of the molecule is CC(=O)N[C@@H](CCCNC(=O)OCC1c2ccccc2-c2ccccc21)C(=O)NC(C)(C)C(N)=O. The summed E-state index contributed by atoms with van der Waals surface area (Å²) in [5.74, 6) is -1.63. The molecule has 4 amide bonds. The lowest BCUT2D eigenvalue weighted by Crippen LogP contribution is -2.58. The van der Waals surface area contributed by atoms with Gasteiger partial charge in [-0.1, -0.05) is 48.5 Å². The normalized spacial score (nSPS) is 13.2. The van der Waals surface area contributed by atoms with E-state index in [1.54, 1.807) is 0 Å². The zero-order valence-corrected chi connectivity index (χ0v) is 20.2. The van der Waals surface area contributed by atoms with Gasteiger partial charge in [0.2, 0.25) is 17.7 Å². The minimum atomic E-state index is -1.26. The molecule has 1 aliphatic carbocycles. The van der Waals surface area contributed by atoms with Crippen molar-refractivity contribution in [3.63, 3.8) is 0 Å². The summed E-state index contributed by atoms with van der Waals surface area (Å²) in [5.41, 5.74) is 8.60. The number of carbonyl (C=O) groups is 4. The average molecular weight is 481 g/mol. The Morgan fingerprint density at radius 2 is 1.57 bits per heavy atom. The second-order valence-corrected chi connectivity index (χ2v) is 9.13. The average Bonchev–Trinajstić information content (AvgIpc) is 3.12. The van der Waals surface area contributed by atoms with Gasteiger partial charge in [0.25, 0.3) is 0 Å². The zero-order valence-electron chi connectivity index (χ0n) is 20.2. The number of carbonyl (C=O) groups excluding carboxylic acids is 4. The number of rotatable bonds is 10. The monoisotopic (exact) mass is 480 g/mol. The summed E-state index contributed by atoms with van der Waals surface area (Å²) in [6.07, 6.45) is 0.103. The molecule has 1 atom stereocenters. The van der Waals surface area contributed by atoms with E-state index < -0.39 is 29.5 Å². The number of hydrogen-bond acceptors (Lipinski definition) is 5. The summed E-state index contributed by atoms with van der Waals surface area (Å²) in [7, 11) is 0. The second kappa shape index (κ2) is 11.0. The van der Waals surface area contributed by atoms with Crippen LogP contribution in [0, 0.1) is 0 Å². The molecule has 9 heteroatoms. The molecule has 0 spiro atoms. The third-order valence-electron chi connectivity index (χ3n) is 6.03. The first-order chi connectivity index (χ1) is 16.6. The highest BCUT2D eigenvalue weighted by atomic mass is 16.5. The molecule has 2 aromatic carbocycles. The van der Waals surface area contributed by atoms with Gasteiger partial charge in [-0.25, -0.2) is 4.79 Å². The molecular weight excluding hydrogens is 448 g/mol. The topological polar surface area (TPSA) is 140 Å². The van der Waals surface area contributed by atoms with Crippen LogP contribution < -0.4 is 21.7 Å². The van der Waals surface area contributed by atoms with Crippen molar-refractivity contribution in [2.45, 2.75) is 51.1 Å². The maximum absolute atomic E-state index is 12.5. The van der Waals surface area contributed by atoms with Crippen molar-refractivity contribution < 1.29 is 23.9 Å². The molecule has 0 unspecified atom stereocenters. The lowest BCUT2D eigenvalue weighted by molar-refractivity contribution is -0.133. The van der Waals surface area contributed by atoms with E-state index in [9.17, 15) is 19.2 Å². The number of benzene rings is 2. The predicted octanol–water partition coefficient (Wildman–Crippen LogP) is 2.19. The maximum Gasteiger partial charge on any atom is 0.407 e. The fraction of sp³-hybridized carbons (Fsp3) is 0.385. The maximum atomic E-state index is 12.5. The molecule has 35 heavy (non-hydrogen) atoms. The van der Waals surface area contributed by atoms with Crippen molar-refractivity contribution in [2.24, 2.45) is 5.73 Å². The third kappa shape index (κ3) is 6.38. The molecule has 0 saturated heterocycles. The van der Waals surface area contributed by atoms with Gasteiger partial charge in [-0.2, -0.15) is 0 Å². The Kier molecular flexibility index (Phi) is 8.11. The van der Waals surface area contributed by atoms with Gasteiger partial charge in [-0.15, -0.1) is 0 Å². The molecule has 2 aromatic rings. The summed E-state index contributed by atoms with van der Waals surface area (Å²) >= 11 is 0. The Labute approximate surface area is 204 Å². The van der Waals surface area contributed by atoms with Crippen LogP contribution in [0.15, 0.2) is 48.5 Å². The molecule has 0 aromatic heterocycles. The number of fused-ring (bicyclic) bond motifs is 3. The minimum absolute atomic E-state index is 0.0328. The van der Waals surface area contributed by atoms with Gasteiger partial charge in [0.1, 0.15) is 18.2 Å². The molecule has 0 radical (unpaired) electrons. The van der Waals surface area contributed by atoms with E-state index in [-0.39, 0.29) is 31.4 Å². The van der Waals surface area contributed by atoms with Gasteiger partial charge >= 0.3 is 6.09 Å². The van der Waals surface area contributed by atoms with Gasteiger partial charge in [-0.3, -0.25) is 14.4 Å². The summed E-state index contributed by atoms with van der Waals surface area (Å²) in [6, 6.07) is 15.3. The Balaban J connectivity index is 1.49. The summed E-state index contributed by atoms with van der Waals surface area (Å²) in [6.45, 7) is 4.72. The van der Waals surface area contributed by atoms with Crippen LogP contribution in [0.4, 0.5) is 4.79 Å². The van der Waals surface area contributed by atoms with Crippen LogP contribution in [0.25, 0.3) is 11.1 Å². The van der Waals surface area contributed by atoms with Gasteiger partial charge in [-0.05, 0) is 48.9 Å². The Morgan fingerprint density at radius 1 is 1.00 bits per heavy atom. The fourth-order valence-electron chi connectivity index (χ4n) is 4.12. The lowest BCUT2D eigenvalue weighted by atomic mass is 9.98. The van der Waals surface area contributed by atoms with Crippen LogP contribution in [0.2, 0.25) is 0 Å². The van der Waals surface area contributed by atoms with Crippen LogP contribution >= 0.6 is 0 Å². The number of primary amides is 1. The third-order valence-corrected chi connectivity index (χ3v) is 6.03. The van der Waals surface area contributed by atoms with Crippen molar-refractivity contribution >= 4 is 23.8 Å². The van der Waals surface area contributed by atoms with E-state index in [4.69, 9.17) is 10.5 Å². The van der Waals surface area contributed by atoms with Gasteiger partial charge in [0, 0.05) is 19.4 Å². The fourth-order valence-corrected chi connectivity index (χ4v) is 4.12. The molecule has 9 nitrogen and oxygen atoms in total. The van der Waals surface area contributed by atoms with E-state index in [0.717, 1.165) is 22.3 Å². The number of hydrogen-bond donors (Lipinski definition) is 4. The van der Waals surface area contributed by atoms with Gasteiger partial charge < -0.3 is 26.4 Å². The first kappa shape index (κ1) is 25.7. The zero-order chi connectivity index (χ0) is 25.6. The standard InChI is InChI=1S/C26H32N4O5/c1-16(31)29-22(23(32)30-26(2,3)24(27)33)13-8-14-28-25(34)35-15-21-19-11-6-4-9-17(19)18-10-5-7-12-20(18)21/h4-7,9-12,21-22H,8,13-15H2,1-3H3,(H2,27,33)(H,28,34)(H,29,31)(H,30,32)/t22-/m0/s1. The smallest absolute Gasteiger partial charge is 0.407 e. The number of amides is 4. The van der Waals surface area contributed by atoms with Crippen molar-refractivity contribution in [1.29, 1.82) is 0 Å². The van der Waals surface area contributed by atoms with Crippen LogP contribution in [-0.4, -0.2) is 48.5 Å². The van der Waals surface area contributed by atoms with Crippen LogP contribution in [0.1, 0.15) is 50.7 Å². The number of alkyl carbamates (subject to hydrolysis) is 1. The van der Waals surface area contributed by atoms with Crippen LogP contribution in [0.5, 0.6) is 0 Å². The number of nitrogens with one attached hydrogen (secondary N) is 3. The largest absolute Gasteiger partial charge is 0.449 e. The van der Waals surface area contributed by atoms with Gasteiger partial charge in [0.05, 0.1) is 0 Å². The molecule has 0 saturated carbocycles. The van der Waals surface area contributed by atoms with E-state index in [1.165, 1.54) is 20.8 Å². The highest BCUT2D eigenvalue weighted by molar-refractivity contribution is 5.93. The van der Waals surface area contributed by atoms with E-state index in [0.29, 0.717) is 6.42 Å². The molecule has 3 rings (SSSR count). The van der Waals surface area contributed by atoms with Crippen molar-refractivity contribution in [3.8, 4) is 11.1 Å². The van der Waals surface area contributed by atoms with Crippen LogP contribution in [0.3, 0.4) is 0 Å². The molecule has 5 N–H and O–H groups in total. The van der Waals surface area contributed by atoms with Crippen molar-refractivity contribution in [2.75, 3.05) is 13.2 Å². The van der Waals surface area contributed by atoms with E-state index in [2.05, 4.69) is 28.1 Å². The highest BCUT2D eigenvalue weighted by Crippen LogP contribution is 2.44. The lowest BCUT2D eigenvalue weighted by Gasteiger charge is -2.26. The molecule has 0 heterocycles. The molecular formula is C26H32N4O5. The Bertz CT molecular complexity index is 1070. The van der Waals surface area contributed by atoms with Crippen LogP contribution in [-0.2, 0) is 19.1 Å². The van der Waals surface area contributed by atoms with E-state index in [1.807, 2.05) is 36.4 Å². The Morgan fingerprint density at radius 3 is 2.11 bits per heavy atom.